The van der Waals surface area contributed by atoms with E-state index < -0.39 is 0 Å². The number of aryl methyl sites for hydroxylation is 1. The molecule has 4 rings (SSSR count). The molecule has 138 valence electrons. The number of ether oxygens (including phenoxy) is 1. The second kappa shape index (κ2) is 7.85. The predicted molar refractivity (Wildman–Crippen MR) is 101 cm³/mol. The van der Waals surface area contributed by atoms with Crippen LogP contribution in [0.25, 0.3) is 0 Å². The molecular formula is C19H26N6O. The fourth-order valence-corrected chi connectivity index (χ4v) is 3.93. The van der Waals surface area contributed by atoms with Crippen molar-refractivity contribution in [2.45, 2.75) is 51.0 Å². The molecule has 2 aromatic heterocycles. The third-order valence-electron chi connectivity index (χ3n) is 5.35. The highest BCUT2D eigenvalue weighted by Gasteiger charge is 2.24. The minimum absolute atomic E-state index is 0.409. The van der Waals surface area contributed by atoms with Crippen LogP contribution in [-0.2, 0) is 12.8 Å². The summed E-state index contributed by atoms with van der Waals surface area (Å²) in [7, 11) is 1.62. The van der Waals surface area contributed by atoms with Gasteiger partial charge in [-0.05, 0) is 38.5 Å². The number of rotatable bonds is 4. The third kappa shape index (κ3) is 3.71. The van der Waals surface area contributed by atoms with Crippen LogP contribution in [0.4, 0.5) is 11.6 Å². The number of nitrogens with zero attached hydrogens (tertiary/aromatic N) is 5. The lowest BCUT2D eigenvalue weighted by Crippen LogP contribution is -2.40. The van der Waals surface area contributed by atoms with Gasteiger partial charge in [-0.25, -0.2) is 19.9 Å². The number of anilines is 2. The lowest BCUT2D eigenvalue weighted by atomic mass is 10.0. The summed E-state index contributed by atoms with van der Waals surface area (Å²) in [4.78, 5) is 20.0. The Morgan fingerprint density at radius 1 is 1.00 bits per heavy atom. The number of hydrogen-bond acceptors (Lipinski definition) is 7. The number of aromatic nitrogens is 4. The summed E-state index contributed by atoms with van der Waals surface area (Å²) < 4.78 is 5.17. The van der Waals surface area contributed by atoms with Crippen molar-refractivity contribution in [1.82, 2.24) is 19.9 Å². The van der Waals surface area contributed by atoms with E-state index in [0.717, 1.165) is 44.6 Å². The summed E-state index contributed by atoms with van der Waals surface area (Å²) in [5.41, 5.74) is 2.65. The molecule has 1 saturated heterocycles. The van der Waals surface area contributed by atoms with Gasteiger partial charge in [-0.3, -0.25) is 0 Å². The maximum atomic E-state index is 5.17. The molecule has 3 heterocycles. The lowest BCUT2D eigenvalue weighted by Gasteiger charge is -2.34. The average molecular weight is 354 g/mol. The van der Waals surface area contributed by atoms with Gasteiger partial charge >= 0.3 is 0 Å². The maximum Gasteiger partial charge on any atom is 0.218 e. The van der Waals surface area contributed by atoms with Crippen LogP contribution < -0.4 is 15.0 Å². The normalized spacial score (nSPS) is 18.1. The molecule has 0 unspecified atom stereocenters. The molecular weight excluding hydrogens is 328 g/mol. The van der Waals surface area contributed by atoms with E-state index in [4.69, 9.17) is 4.74 Å². The highest BCUT2D eigenvalue weighted by atomic mass is 16.5. The number of methoxy groups -OCH3 is 1. The quantitative estimate of drug-likeness (QED) is 0.846. The Morgan fingerprint density at radius 3 is 2.65 bits per heavy atom. The second-order valence-corrected chi connectivity index (χ2v) is 7.03. The van der Waals surface area contributed by atoms with Gasteiger partial charge in [0.2, 0.25) is 5.88 Å². The second-order valence-electron chi connectivity index (χ2n) is 7.03. The molecule has 2 aromatic rings. The van der Waals surface area contributed by atoms with Crippen LogP contribution in [0.5, 0.6) is 5.88 Å². The number of fused-ring (bicyclic) bond motifs is 1. The van der Waals surface area contributed by atoms with Gasteiger partial charge in [0.05, 0.1) is 7.11 Å². The van der Waals surface area contributed by atoms with E-state index in [2.05, 4.69) is 30.2 Å². The first-order valence-corrected chi connectivity index (χ1v) is 9.54. The Labute approximate surface area is 154 Å². The van der Waals surface area contributed by atoms with E-state index in [1.54, 1.807) is 13.4 Å². The van der Waals surface area contributed by atoms with Crippen molar-refractivity contribution < 1.29 is 4.74 Å². The molecule has 7 nitrogen and oxygen atoms in total. The minimum Gasteiger partial charge on any atom is -0.481 e. The van der Waals surface area contributed by atoms with Crippen LogP contribution in [-0.4, -0.2) is 46.2 Å². The summed E-state index contributed by atoms with van der Waals surface area (Å²) in [5, 5.41) is 3.51. The van der Waals surface area contributed by atoms with E-state index in [1.807, 2.05) is 6.07 Å². The summed E-state index contributed by atoms with van der Waals surface area (Å²) in [6.07, 6.45) is 11.4. The van der Waals surface area contributed by atoms with E-state index in [1.165, 1.54) is 42.7 Å². The highest BCUT2D eigenvalue weighted by Crippen LogP contribution is 2.29. The zero-order chi connectivity index (χ0) is 17.8. The first kappa shape index (κ1) is 17.0. The summed E-state index contributed by atoms with van der Waals surface area (Å²) >= 11 is 0. The smallest absolute Gasteiger partial charge is 0.218 e. The Kier molecular flexibility index (Phi) is 5.13. The molecule has 0 radical (unpaired) electrons. The van der Waals surface area contributed by atoms with Gasteiger partial charge in [0.1, 0.15) is 24.3 Å². The molecule has 1 aliphatic heterocycles. The Balaban J connectivity index is 1.41. The molecule has 0 saturated carbocycles. The molecule has 2 aliphatic rings. The Hall–Kier alpha value is -2.44. The van der Waals surface area contributed by atoms with Crippen molar-refractivity contribution in [3.05, 3.63) is 30.0 Å². The molecule has 0 bridgehead atoms. The number of hydrogen-bond donors (Lipinski definition) is 1. The number of nitrogens with one attached hydrogen (secondary N) is 1. The molecule has 26 heavy (non-hydrogen) atoms. The summed E-state index contributed by atoms with van der Waals surface area (Å²) in [6, 6.07) is 2.25. The van der Waals surface area contributed by atoms with Gasteiger partial charge in [-0.1, -0.05) is 6.42 Å². The standard InChI is InChI=1S/C19H26N6O/c1-26-18-11-17(21-13-22-18)24-14-7-9-25(10-8-14)19-15-5-3-2-4-6-16(15)20-12-23-19/h11-14H,2-10H2,1H3,(H,21,22,24). The van der Waals surface area contributed by atoms with Crippen molar-refractivity contribution in [2.24, 2.45) is 0 Å². The van der Waals surface area contributed by atoms with E-state index >= 15 is 0 Å². The van der Waals surface area contributed by atoms with Crippen LogP contribution in [0.15, 0.2) is 18.7 Å². The largest absolute Gasteiger partial charge is 0.481 e. The van der Waals surface area contributed by atoms with Crippen molar-refractivity contribution in [2.75, 3.05) is 30.4 Å². The molecule has 1 fully saturated rings. The van der Waals surface area contributed by atoms with E-state index in [-0.39, 0.29) is 0 Å². The van der Waals surface area contributed by atoms with Crippen molar-refractivity contribution >= 4 is 11.6 Å². The molecule has 1 aliphatic carbocycles. The van der Waals surface area contributed by atoms with Crippen LogP contribution in [0.2, 0.25) is 0 Å². The molecule has 0 amide bonds. The van der Waals surface area contributed by atoms with Gasteiger partial charge in [-0.15, -0.1) is 0 Å². The summed E-state index contributed by atoms with van der Waals surface area (Å²) in [5.74, 6) is 2.58. The van der Waals surface area contributed by atoms with Gasteiger partial charge < -0.3 is 15.0 Å². The van der Waals surface area contributed by atoms with Gasteiger partial charge in [0, 0.05) is 36.5 Å². The lowest BCUT2D eigenvalue weighted by molar-refractivity contribution is 0.397. The van der Waals surface area contributed by atoms with E-state index in [0.29, 0.717) is 11.9 Å². The molecule has 1 N–H and O–H groups in total. The monoisotopic (exact) mass is 354 g/mol. The molecule has 0 spiro atoms. The topological polar surface area (TPSA) is 76.1 Å². The summed E-state index contributed by atoms with van der Waals surface area (Å²) in [6.45, 7) is 2.01. The fraction of sp³-hybridized carbons (Fsp3) is 0.579. The zero-order valence-electron chi connectivity index (χ0n) is 15.3. The average Bonchev–Trinajstić information content (AvgIpc) is 2.94. The first-order chi connectivity index (χ1) is 12.8. The van der Waals surface area contributed by atoms with Crippen molar-refractivity contribution in [1.29, 1.82) is 0 Å². The minimum atomic E-state index is 0.409. The predicted octanol–water partition coefficient (Wildman–Crippen LogP) is 2.63. The van der Waals surface area contributed by atoms with E-state index in [9.17, 15) is 0 Å². The van der Waals surface area contributed by atoms with Crippen LogP contribution >= 0.6 is 0 Å². The van der Waals surface area contributed by atoms with Crippen LogP contribution in [0.1, 0.15) is 43.4 Å². The molecule has 0 atom stereocenters. The molecule has 7 heteroatoms. The Bertz CT molecular complexity index is 745. The maximum absolute atomic E-state index is 5.17. The Morgan fingerprint density at radius 2 is 1.81 bits per heavy atom. The SMILES string of the molecule is COc1cc(NC2CCN(c3ncnc4c3CCCCC4)CC2)ncn1. The van der Waals surface area contributed by atoms with Crippen LogP contribution in [0, 0.1) is 0 Å². The molecule has 0 aromatic carbocycles. The fourth-order valence-electron chi connectivity index (χ4n) is 3.93. The van der Waals surface area contributed by atoms with Gasteiger partial charge in [0.25, 0.3) is 0 Å². The van der Waals surface area contributed by atoms with Gasteiger partial charge in [-0.2, -0.15) is 0 Å². The van der Waals surface area contributed by atoms with Gasteiger partial charge in [0.15, 0.2) is 0 Å². The zero-order valence-corrected chi connectivity index (χ0v) is 15.3. The highest BCUT2D eigenvalue weighted by molar-refractivity contribution is 5.50. The van der Waals surface area contributed by atoms with Crippen LogP contribution in [0.3, 0.4) is 0 Å². The number of piperidine rings is 1. The van der Waals surface area contributed by atoms with Crippen molar-refractivity contribution in [3.63, 3.8) is 0 Å². The third-order valence-corrected chi connectivity index (χ3v) is 5.35. The van der Waals surface area contributed by atoms with Crippen molar-refractivity contribution in [3.8, 4) is 5.88 Å². The first-order valence-electron chi connectivity index (χ1n) is 9.54.